The summed E-state index contributed by atoms with van der Waals surface area (Å²) in [4.78, 5) is 76.6. The molecule has 3 aliphatic rings. The van der Waals surface area contributed by atoms with Gasteiger partial charge in [-0.1, -0.05) is 11.6 Å². The van der Waals surface area contributed by atoms with Crippen LogP contribution in [0.5, 0.6) is 0 Å². The minimum atomic E-state index is -1.28. The lowest BCUT2D eigenvalue weighted by Gasteiger charge is -2.21. The van der Waals surface area contributed by atoms with Gasteiger partial charge in [-0.3, -0.25) is 24.0 Å². The molecule has 1 aromatic carbocycles. The third kappa shape index (κ3) is 6.37. The molecule has 3 fully saturated rings. The number of nitrogens with one attached hydrogen (secondary N) is 4. The lowest BCUT2D eigenvalue weighted by Crippen LogP contribution is -2.49. The van der Waals surface area contributed by atoms with Crippen LogP contribution in [0.1, 0.15) is 43.0 Å². The number of anilines is 1. The number of nitrogens with zero attached hydrogens (tertiary/aromatic N) is 1. The molecule has 0 radical (unpaired) electrons. The third-order valence-electron chi connectivity index (χ3n) is 6.45. The third-order valence-corrected chi connectivity index (χ3v) is 6.68. The number of rotatable bonds is 9. The normalized spacial score (nSPS) is 23.6. The Morgan fingerprint density at radius 2 is 1.95 bits per heavy atom. The van der Waals surface area contributed by atoms with E-state index in [4.69, 9.17) is 16.3 Å². The van der Waals surface area contributed by atoms with Crippen molar-refractivity contribution in [3.63, 3.8) is 0 Å². The summed E-state index contributed by atoms with van der Waals surface area (Å²) in [6.07, 6.45) is 0.214. The number of ether oxygens (including phenoxy) is 1. The maximum atomic E-state index is 13.3. The van der Waals surface area contributed by atoms with Gasteiger partial charge in [0.15, 0.2) is 6.10 Å². The van der Waals surface area contributed by atoms with Gasteiger partial charge in [-0.15, -0.1) is 0 Å². The standard InChI is InChI=1S/C24H28ClN5O7/c1-11-7-12(20(32)26-11)8-17(19(31)23(35)27-14-4-5-14)29-21(33)15-9-13(25)3-6-16(15)28-22(34)18-10-30(2)24(36)37-18/h3,6,9,11-12,14,17-18H,4-5,7-8,10H2,1-2H3,(H,26,32)(H,27,35)(H,28,34)(H,29,33)/t11-,12+,17+,18?/m1/s1. The van der Waals surface area contributed by atoms with Crippen molar-refractivity contribution in [1.29, 1.82) is 0 Å². The first kappa shape index (κ1) is 26.4. The van der Waals surface area contributed by atoms with Gasteiger partial charge in [-0.05, 0) is 50.8 Å². The lowest BCUT2D eigenvalue weighted by atomic mass is 9.93. The molecule has 2 aliphatic heterocycles. The summed E-state index contributed by atoms with van der Waals surface area (Å²) in [7, 11) is 1.48. The van der Waals surface area contributed by atoms with Crippen molar-refractivity contribution in [2.24, 2.45) is 5.92 Å². The van der Waals surface area contributed by atoms with Crippen LogP contribution in [0.25, 0.3) is 0 Å². The number of amides is 5. The van der Waals surface area contributed by atoms with Crippen molar-refractivity contribution < 1.29 is 33.5 Å². The summed E-state index contributed by atoms with van der Waals surface area (Å²) in [5, 5.41) is 10.7. The highest BCUT2D eigenvalue weighted by Crippen LogP contribution is 2.25. The van der Waals surface area contributed by atoms with Gasteiger partial charge in [-0.2, -0.15) is 0 Å². The molecule has 2 heterocycles. The number of benzene rings is 1. The molecule has 5 amide bonds. The number of carbonyl (C=O) groups excluding carboxylic acids is 6. The summed E-state index contributed by atoms with van der Waals surface area (Å²) in [5.41, 5.74) is 0.00142. The predicted octanol–water partition coefficient (Wildman–Crippen LogP) is 0.590. The highest BCUT2D eigenvalue weighted by Gasteiger charge is 2.38. The number of likely N-dealkylation sites (N-methyl/N-ethyl adjacent to an activating group) is 1. The highest BCUT2D eigenvalue weighted by molar-refractivity contribution is 6.38. The van der Waals surface area contributed by atoms with E-state index in [1.165, 1.54) is 30.1 Å². The van der Waals surface area contributed by atoms with E-state index in [-0.39, 0.29) is 47.2 Å². The van der Waals surface area contributed by atoms with Crippen molar-refractivity contribution >= 4 is 52.8 Å². The van der Waals surface area contributed by atoms with Crippen molar-refractivity contribution in [3.8, 4) is 0 Å². The topological polar surface area (TPSA) is 163 Å². The van der Waals surface area contributed by atoms with Crippen LogP contribution in [0.4, 0.5) is 10.5 Å². The Balaban J connectivity index is 1.52. The van der Waals surface area contributed by atoms with Crippen molar-refractivity contribution in [3.05, 3.63) is 28.8 Å². The van der Waals surface area contributed by atoms with E-state index in [2.05, 4.69) is 21.3 Å². The molecule has 1 saturated carbocycles. The first-order valence-electron chi connectivity index (χ1n) is 12.0. The Labute approximate surface area is 217 Å². The number of hydrogen-bond acceptors (Lipinski definition) is 7. The van der Waals surface area contributed by atoms with E-state index in [9.17, 15) is 28.8 Å². The summed E-state index contributed by atoms with van der Waals surface area (Å²) in [6, 6.07) is 2.72. The smallest absolute Gasteiger partial charge is 0.410 e. The molecule has 13 heteroatoms. The van der Waals surface area contributed by atoms with Gasteiger partial charge < -0.3 is 30.9 Å². The lowest BCUT2D eigenvalue weighted by molar-refractivity contribution is -0.139. The second-order valence-corrected chi connectivity index (χ2v) is 10.1. The first-order valence-corrected chi connectivity index (χ1v) is 12.4. The second-order valence-electron chi connectivity index (χ2n) is 9.65. The fourth-order valence-corrected chi connectivity index (χ4v) is 4.46. The van der Waals surface area contributed by atoms with Crippen LogP contribution < -0.4 is 21.3 Å². The average molecular weight is 534 g/mol. The Morgan fingerprint density at radius 1 is 1.22 bits per heavy atom. The van der Waals surface area contributed by atoms with Crippen LogP contribution in [0, 0.1) is 5.92 Å². The van der Waals surface area contributed by atoms with Gasteiger partial charge in [0.05, 0.1) is 23.8 Å². The van der Waals surface area contributed by atoms with Crippen LogP contribution in [-0.2, 0) is 23.9 Å². The van der Waals surface area contributed by atoms with E-state index in [1.807, 2.05) is 6.92 Å². The van der Waals surface area contributed by atoms with Gasteiger partial charge in [0.25, 0.3) is 17.7 Å². The largest absolute Gasteiger partial charge is 0.434 e. The Morgan fingerprint density at radius 3 is 2.54 bits per heavy atom. The fourth-order valence-electron chi connectivity index (χ4n) is 4.29. The molecule has 1 aromatic rings. The zero-order valence-corrected chi connectivity index (χ0v) is 21.1. The first-order chi connectivity index (χ1) is 17.5. The van der Waals surface area contributed by atoms with Crippen LogP contribution in [0.15, 0.2) is 18.2 Å². The van der Waals surface area contributed by atoms with E-state index in [0.29, 0.717) is 6.42 Å². The Kier molecular flexibility index (Phi) is 7.67. The quantitative estimate of drug-likeness (QED) is 0.337. The molecule has 1 unspecified atom stereocenters. The fraction of sp³-hybridized carbons (Fsp3) is 0.500. The molecule has 4 N–H and O–H groups in total. The van der Waals surface area contributed by atoms with Crippen molar-refractivity contribution in [2.75, 3.05) is 18.9 Å². The van der Waals surface area contributed by atoms with E-state index in [1.54, 1.807) is 0 Å². The number of Topliss-reactive ketones (excluding diaryl/α,β-unsaturated/α-hetero) is 1. The van der Waals surface area contributed by atoms with E-state index < -0.39 is 47.7 Å². The minimum Gasteiger partial charge on any atom is -0.434 e. The van der Waals surface area contributed by atoms with Crippen LogP contribution in [0.2, 0.25) is 5.02 Å². The molecule has 2 saturated heterocycles. The molecule has 12 nitrogen and oxygen atoms in total. The SMILES string of the molecule is C[C@@H]1C[C@@H](C[C@H](NC(=O)c2cc(Cl)ccc2NC(=O)C2CN(C)C(=O)O2)C(=O)C(=O)NC2CC2)C(=O)N1. The molecule has 0 aromatic heterocycles. The second kappa shape index (κ2) is 10.8. The highest BCUT2D eigenvalue weighted by atomic mass is 35.5. The molecule has 198 valence electrons. The number of halogens is 1. The van der Waals surface area contributed by atoms with Gasteiger partial charge >= 0.3 is 6.09 Å². The summed E-state index contributed by atoms with van der Waals surface area (Å²) >= 11 is 6.10. The Hall–Kier alpha value is -3.67. The summed E-state index contributed by atoms with van der Waals surface area (Å²) in [5.74, 6) is -3.93. The molecule has 4 atom stereocenters. The zero-order valence-electron chi connectivity index (χ0n) is 20.3. The minimum absolute atomic E-state index is 0.0361. The molecule has 0 bridgehead atoms. The predicted molar refractivity (Wildman–Crippen MR) is 131 cm³/mol. The number of cyclic esters (lactones) is 1. The molecule has 37 heavy (non-hydrogen) atoms. The van der Waals surface area contributed by atoms with Crippen LogP contribution in [-0.4, -0.2) is 78.2 Å². The summed E-state index contributed by atoms with van der Waals surface area (Å²) < 4.78 is 5.01. The Bertz CT molecular complexity index is 1150. The van der Waals surface area contributed by atoms with E-state index in [0.717, 1.165) is 12.8 Å². The molecule has 1 aliphatic carbocycles. The van der Waals surface area contributed by atoms with Gasteiger partial charge in [0, 0.05) is 30.1 Å². The summed E-state index contributed by atoms with van der Waals surface area (Å²) in [6.45, 7) is 1.86. The van der Waals surface area contributed by atoms with Crippen LogP contribution >= 0.6 is 11.6 Å². The molecular weight excluding hydrogens is 506 g/mol. The van der Waals surface area contributed by atoms with Crippen molar-refractivity contribution in [1.82, 2.24) is 20.9 Å². The molecule has 4 rings (SSSR count). The average Bonchev–Trinajstić information content (AvgIpc) is 3.51. The molecule has 0 spiro atoms. The zero-order chi connectivity index (χ0) is 26.9. The van der Waals surface area contributed by atoms with E-state index >= 15 is 0 Å². The van der Waals surface area contributed by atoms with Gasteiger partial charge in [0.1, 0.15) is 0 Å². The number of hydrogen-bond donors (Lipinski definition) is 4. The van der Waals surface area contributed by atoms with Crippen molar-refractivity contribution in [2.45, 2.75) is 56.8 Å². The number of carbonyl (C=O) groups is 6. The molecular formula is C24H28ClN5O7. The van der Waals surface area contributed by atoms with Gasteiger partial charge in [0.2, 0.25) is 11.7 Å². The van der Waals surface area contributed by atoms with Gasteiger partial charge in [-0.25, -0.2) is 4.79 Å². The monoisotopic (exact) mass is 533 g/mol. The van der Waals surface area contributed by atoms with Crippen LogP contribution in [0.3, 0.4) is 0 Å². The maximum absolute atomic E-state index is 13.3. The maximum Gasteiger partial charge on any atom is 0.410 e. The number of ketones is 1.